The van der Waals surface area contributed by atoms with Gasteiger partial charge in [0.15, 0.2) is 0 Å². The van der Waals surface area contributed by atoms with Gasteiger partial charge in [0, 0.05) is 0 Å². The van der Waals surface area contributed by atoms with Crippen LogP contribution in [0.2, 0.25) is 0 Å². The van der Waals surface area contributed by atoms with Crippen molar-refractivity contribution >= 4 is 25.3 Å². The predicted octanol–water partition coefficient (Wildman–Crippen LogP) is 2.50. The molecule has 0 atom stereocenters. The molecule has 0 unspecified atom stereocenters. The van der Waals surface area contributed by atoms with Gasteiger partial charge in [-0.25, -0.2) is 0 Å². The molecule has 2 aromatic carbocycles. The van der Waals surface area contributed by atoms with Crippen LogP contribution in [0.25, 0.3) is 0 Å². The third-order valence-electron chi connectivity index (χ3n) is 3.92. The number of rotatable bonds is 4. The number of hydrogen-bond donors (Lipinski definition) is 0. The van der Waals surface area contributed by atoms with Gasteiger partial charge in [0.2, 0.25) is 0 Å². The predicted molar refractivity (Wildman–Crippen MR) is 94.7 cm³/mol. The molecule has 4 rings (SSSR count). The Labute approximate surface area is 148 Å². The summed E-state index contributed by atoms with van der Waals surface area (Å²) in [6, 6.07) is 14.5. The van der Waals surface area contributed by atoms with E-state index in [0.29, 0.717) is 6.61 Å². The van der Waals surface area contributed by atoms with Crippen LogP contribution < -0.4 is 13.9 Å². The summed E-state index contributed by atoms with van der Waals surface area (Å²) in [5.41, 5.74) is 2.20. The van der Waals surface area contributed by atoms with Crippen molar-refractivity contribution in [3.05, 3.63) is 53.6 Å². The quantitative estimate of drug-likeness (QED) is 0.756. The van der Waals surface area contributed by atoms with E-state index >= 15 is 0 Å². The Kier molecular flexibility index (Phi) is 3.99. The summed E-state index contributed by atoms with van der Waals surface area (Å²) in [5.74, 6) is 2.41. The molecule has 2 aliphatic rings. The first-order valence-electron chi connectivity index (χ1n) is 7.95. The van der Waals surface area contributed by atoms with Gasteiger partial charge in [-0.1, -0.05) is 0 Å². The summed E-state index contributed by atoms with van der Waals surface area (Å²) >= 11 is 0.203. The molecule has 2 heterocycles. The maximum absolute atomic E-state index is 5.87. The average molecular weight is 388 g/mol. The van der Waals surface area contributed by atoms with Gasteiger partial charge in [0.05, 0.1) is 0 Å². The molecule has 0 aliphatic carbocycles. The molecule has 0 saturated heterocycles. The molecule has 124 valence electrons. The van der Waals surface area contributed by atoms with Gasteiger partial charge in [0.1, 0.15) is 0 Å². The van der Waals surface area contributed by atoms with Crippen molar-refractivity contribution in [2.45, 2.75) is 24.7 Å². The first-order valence-corrected chi connectivity index (χ1v) is 10.0. The second kappa shape index (κ2) is 6.15. The Hall–Kier alpha value is -1.97. The Bertz CT molecular complexity index is 787. The molecule has 0 radical (unpaired) electrons. The summed E-state index contributed by atoms with van der Waals surface area (Å²) in [7, 11) is 0. The molecule has 0 aromatic heterocycles. The third-order valence-corrected chi connectivity index (χ3v) is 6.37. The standard InChI is InChI=1S/C19H19NO3Se/c1-19(2)11-21-18(20-19)14-8-9-15-16(23-12-22-15)17(14)24-10-13-6-4-3-5-7-13/h3-9H,10-12H2,1-2H3. The van der Waals surface area contributed by atoms with Gasteiger partial charge in [-0.05, 0) is 0 Å². The van der Waals surface area contributed by atoms with Crippen LogP contribution >= 0.6 is 0 Å². The van der Waals surface area contributed by atoms with E-state index < -0.39 is 0 Å². The van der Waals surface area contributed by atoms with Crippen molar-refractivity contribution in [2.24, 2.45) is 4.99 Å². The van der Waals surface area contributed by atoms with Gasteiger partial charge in [0.25, 0.3) is 0 Å². The van der Waals surface area contributed by atoms with Gasteiger partial charge >= 0.3 is 148 Å². The number of benzene rings is 2. The normalized spacial score (nSPS) is 17.5. The zero-order valence-electron chi connectivity index (χ0n) is 13.7. The van der Waals surface area contributed by atoms with Gasteiger partial charge in [-0.3, -0.25) is 0 Å². The fraction of sp³-hybridized carbons (Fsp3) is 0.316. The van der Waals surface area contributed by atoms with Crippen LogP contribution in [0.4, 0.5) is 0 Å². The fourth-order valence-corrected chi connectivity index (χ4v) is 5.03. The van der Waals surface area contributed by atoms with E-state index in [0.717, 1.165) is 28.3 Å². The van der Waals surface area contributed by atoms with Crippen LogP contribution in [0.3, 0.4) is 0 Å². The van der Waals surface area contributed by atoms with E-state index in [9.17, 15) is 0 Å². The Morgan fingerprint density at radius 2 is 1.88 bits per heavy atom. The van der Waals surface area contributed by atoms with E-state index in [4.69, 9.17) is 19.2 Å². The molecule has 0 bridgehead atoms. The van der Waals surface area contributed by atoms with E-state index in [2.05, 4.69) is 44.2 Å². The number of aliphatic imine (C=N–C) groups is 1. The van der Waals surface area contributed by atoms with Crippen LogP contribution in [0.1, 0.15) is 25.0 Å². The van der Waals surface area contributed by atoms with E-state index in [1.807, 2.05) is 12.1 Å². The Morgan fingerprint density at radius 3 is 2.62 bits per heavy atom. The zero-order valence-corrected chi connectivity index (χ0v) is 15.5. The summed E-state index contributed by atoms with van der Waals surface area (Å²) in [4.78, 5) is 4.74. The number of nitrogens with zero attached hydrogens (tertiary/aromatic N) is 1. The van der Waals surface area contributed by atoms with Crippen LogP contribution in [0, 0.1) is 0 Å². The molecule has 24 heavy (non-hydrogen) atoms. The monoisotopic (exact) mass is 389 g/mol. The second-order valence-corrected chi connectivity index (χ2v) is 8.54. The van der Waals surface area contributed by atoms with Crippen LogP contribution in [0.15, 0.2) is 47.5 Å². The number of hydrogen-bond acceptors (Lipinski definition) is 4. The summed E-state index contributed by atoms with van der Waals surface area (Å²) in [5, 5.41) is 0.997. The van der Waals surface area contributed by atoms with Crippen LogP contribution in [0.5, 0.6) is 11.5 Å². The van der Waals surface area contributed by atoms with Crippen molar-refractivity contribution in [1.82, 2.24) is 0 Å². The molecule has 5 heteroatoms. The molecule has 0 amide bonds. The number of fused-ring (bicyclic) bond motifs is 1. The minimum absolute atomic E-state index is 0.171. The molecule has 0 N–H and O–H groups in total. The van der Waals surface area contributed by atoms with Crippen molar-refractivity contribution in [2.75, 3.05) is 13.4 Å². The van der Waals surface area contributed by atoms with Crippen LogP contribution in [-0.4, -0.2) is 39.8 Å². The van der Waals surface area contributed by atoms with Crippen LogP contribution in [-0.2, 0) is 10.1 Å². The first-order chi connectivity index (χ1) is 11.6. The van der Waals surface area contributed by atoms with Gasteiger partial charge in [-0.2, -0.15) is 0 Å². The second-order valence-electron chi connectivity index (χ2n) is 6.47. The average Bonchev–Trinajstić information content (AvgIpc) is 3.19. The zero-order chi connectivity index (χ0) is 16.6. The first kappa shape index (κ1) is 15.6. The molecule has 0 spiro atoms. The van der Waals surface area contributed by atoms with Crippen molar-refractivity contribution in [3.8, 4) is 11.5 Å². The van der Waals surface area contributed by atoms with Crippen molar-refractivity contribution in [1.29, 1.82) is 0 Å². The summed E-state index contributed by atoms with van der Waals surface area (Å²) in [6.45, 7) is 5.07. The molecule has 0 fully saturated rings. The third kappa shape index (κ3) is 3.02. The van der Waals surface area contributed by atoms with Gasteiger partial charge < -0.3 is 0 Å². The van der Waals surface area contributed by atoms with Crippen molar-refractivity contribution < 1.29 is 14.2 Å². The summed E-state index contributed by atoms with van der Waals surface area (Å²) in [6.07, 6.45) is 0. The Balaban J connectivity index is 1.69. The Morgan fingerprint density at radius 1 is 1.04 bits per heavy atom. The van der Waals surface area contributed by atoms with E-state index in [1.54, 1.807) is 0 Å². The summed E-state index contributed by atoms with van der Waals surface area (Å²) < 4.78 is 18.4. The maximum atomic E-state index is 5.87. The van der Waals surface area contributed by atoms with Gasteiger partial charge in [-0.15, -0.1) is 0 Å². The number of ether oxygens (including phenoxy) is 3. The topological polar surface area (TPSA) is 40.0 Å². The molecular weight excluding hydrogens is 369 g/mol. The minimum atomic E-state index is -0.171. The fourth-order valence-electron chi connectivity index (χ4n) is 2.71. The molecule has 0 saturated carbocycles. The van der Waals surface area contributed by atoms with E-state index in [-0.39, 0.29) is 27.3 Å². The molecule has 2 aliphatic heterocycles. The SMILES string of the molecule is CC1(C)COC(c2ccc3c(c2[Se]Cc2ccccc2)OCO3)=N1. The van der Waals surface area contributed by atoms with E-state index in [1.165, 1.54) is 10.0 Å². The molecule has 4 nitrogen and oxygen atoms in total. The van der Waals surface area contributed by atoms with Crippen molar-refractivity contribution in [3.63, 3.8) is 0 Å². The molecular formula is C19H19NO3Se. The molecule has 2 aromatic rings.